The molecule has 1 aromatic heterocycles. The summed E-state index contributed by atoms with van der Waals surface area (Å²) in [4.78, 5) is 18.4. The van der Waals surface area contributed by atoms with Gasteiger partial charge >= 0.3 is 5.97 Å². The van der Waals surface area contributed by atoms with Crippen LogP contribution in [0, 0.1) is 0 Å². The fourth-order valence-electron chi connectivity index (χ4n) is 1.21. The number of rotatable bonds is 7. The van der Waals surface area contributed by atoms with Crippen molar-refractivity contribution in [1.29, 1.82) is 0 Å². The van der Waals surface area contributed by atoms with Crippen molar-refractivity contribution in [2.75, 3.05) is 18.1 Å². The molecular weight excluding hydrogens is 242 g/mol. The highest BCUT2D eigenvalue weighted by atomic mass is 32.2. The van der Waals surface area contributed by atoms with Crippen molar-refractivity contribution in [2.24, 2.45) is 0 Å². The first-order valence-electron chi connectivity index (χ1n) is 5.23. The second kappa shape index (κ2) is 7.08. The van der Waals surface area contributed by atoms with E-state index in [1.165, 1.54) is 12.5 Å². The Bertz CT molecular complexity index is 412. The van der Waals surface area contributed by atoms with Crippen molar-refractivity contribution in [3.8, 4) is 0 Å². The van der Waals surface area contributed by atoms with Gasteiger partial charge in [-0.2, -0.15) is 0 Å². The molecule has 6 nitrogen and oxygen atoms in total. The summed E-state index contributed by atoms with van der Waals surface area (Å²) in [7, 11) is -0.811. The summed E-state index contributed by atoms with van der Waals surface area (Å²) in [6.07, 6.45) is 2.59. The molecule has 0 fully saturated rings. The SMILES string of the molecule is CCS(=O)CCNCc1ncncc1C(=O)O. The molecule has 1 heterocycles. The van der Waals surface area contributed by atoms with E-state index >= 15 is 0 Å². The zero-order valence-corrected chi connectivity index (χ0v) is 10.4. The van der Waals surface area contributed by atoms with Crippen LogP contribution < -0.4 is 5.32 Å². The molecule has 0 aliphatic heterocycles. The monoisotopic (exact) mass is 257 g/mol. The molecule has 0 radical (unpaired) electrons. The Morgan fingerprint density at radius 2 is 2.35 bits per heavy atom. The van der Waals surface area contributed by atoms with Crippen molar-refractivity contribution in [3.05, 3.63) is 23.8 Å². The lowest BCUT2D eigenvalue weighted by Gasteiger charge is -2.05. The lowest BCUT2D eigenvalue weighted by molar-refractivity contribution is 0.0694. The lowest BCUT2D eigenvalue weighted by atomic mass is 10.2. The molecule has 0 aliphatic rings. The van der Waals surface area contributed by atoms with E-state index in [4.69, 9.17) is 5.11 Å². The van der Waals surface area contributed by atoms with Gasteiger partial charge in [0.25, 0.3) is 0 Å². The van der Waals surface area contributed by atoms with E-state index in [9.17, 15) is 9.00 Å². The maximum absolute atomic E-state index is 11.1. The largest absolute Gasteiger partial charge is 0.478 e. The molecule has 0 saturated heterocycles. The van der Waals surface area contributed by atoms with Crippen molar-refractivity contribution >= 4 is 16.8 Å². The molecule has 17 heavy (non-hydrogen) atoms. The molecule has 94 valence electrons. The number of hydrogen-bond donors (Lipinski definition) is 2. The van der Waals surface area contributed by atoms with Gasteiger partial charge in [0.15, 0.2) is 0 Å². The molecule has 1 aromatic rings. The van der Waals surface area contributed by atoms with E-state index < -0.39 is 16.8 Å². The summed E-state index contributed by atoms with van der Waals surface area (Å²) in [6, 6.07) is 0. The van der Waals surface area contributed by atoms with Crippen LogP contribution in [-0.2, 0) is 17.3 Å². The van der Waals surface area contributed by atoms with Crippen molar-refractivity contribution in [2.45, 2.75) is 13.5 Å². The van der Waals surface area contributed by atoms with Gasteiger partial charge < -0.3 is 10.4 Å². The normalized spacial score (nSPS) is 12.3. The highest BCUT2D eigenvalue weighted by molar-refractivity contribution is 7.84. The molecule has 0 spiro atoms. The van der Waals surface area contributed by atoms with Gasteiger partial charge in [-0.3, -0.25) is 4.21 Å². The highest BCUT2D eigenvalue weighted by Gasteiger charge is 2.10. The molecule has 1 atom stereocenters. The van der Waals surface area contributed by atoms with E-state index in [2.05, 4.69) is 15.3 Å². The molecule has 1 unspecified atom stereocenters. The first kappa shape index (κ1) is 13.7. The number of aromatic carboxylic acids is 1. The summed E-state index contributed by atoms with van der Waals surface area (Å²) in [5, 5.41) is 11.9. The van der Waals surface area contributed by atoms with Crippen LogP contribution in [0.25, 0.3) is 0 Å². The van der Waals surface area contributed by atoms with Crippen molar-refractivity contribution in [3.63, 3.8) is 0 Å². The average molecular weight is 257 g/mol. The maximum atomic E-state index is 11.1. The fourth-order valence-corrected chi connectivity index (χ4v) is 1.87. The van der Waals surface area contributed by atoms with Gasteiger partial charge in [-0.1, -0.05) is 6.92 Å². The number of aromatic nitrogens is 2. The van der Waals surface area contributed by atoms with Gasteiger partial charge in [-0.25, -0.2) is 14.8 Å². The third-order valence-corrected chi connectivity index (χ3v) is 3.45. The molecule has 0 aromatic carbocycles. The number of carboxylic acid groups (broad SMARTS) is 1. The Morgan fingerprint density at radius 1 is 1.59 bits per heavy atom. The summed E-state index contributed by atoms with van der Waals surface area (Å²) in [5.74, 6) is 0.152. The Balaban J connectivity index is 2.46. The van der Waals surface area contributed by atoms with Gasteiger partial charge in [0, 0.05) is 41.6 Å². The second-order valence-corrected chi connectivity index (χ2v) is 5.16. The number of nitrogens with one attached hydrogen (secondary N) is 1. The smallest absolute Gasteiger partial charge is 0.339 e. The standard InChI is InChI=1S/C10H15N3O3S/c1-2-17(16)4-3-11-6-9-8(10(14)15)5-12-7-13-9/h5,7,11H,2-4,6H2,1H3,(H,14,15). The molecule has 1 rings (SSSR count). The van der Waals surface area contributed by atoms with Crippen LogP contribution in [0.1, 0.15) is 23.0 Å². The van der Waals surface area contributed by atoms with Crippen LogP contribution in [0.5, 0.6) is 0 Å². The van der Waals surface area contributed by atoms with E-state index in [1.807, 2.05) is 6.92 Å². The Labute approximate surface area is 102 Å². The summed E-state index contributed by atoms with van der Waals surface area (Å²) < 4.78 is 11.1. The Hall–Kier alpha value is -1.34. The lowest BCUT2D eigenvalue weighted by Crippen LogP contribution is -2.22. The summed E-state index contributed by atoms with van der Waals surface area (Å²) >= 11 is 0. The zero-order valence-electron chi connectivity index (χ0n) is 9.55. The fraction of sp³-hybridized carbons (Fsp3) is 0.500. The number of carbonyl (C=O) groups is 1. The van der Waals surface area contributed by atoms with Crippen LogP contribution in [0.4, 0.5) is 0 Å². The van der Waals surface area contributed by atoms with Gasteiger partial charge in [-0.15, -0.1) is 0 Å². The van der Waals surface area contributed by atoms with Crippen molar-refractivity contribution in [1.82, 2.24) is 15.3 Å². The predicted molar refractivity (Wildman–Crippen MR) is 64.2 cm³/mol. The van der Waals surface area contributed by atoms with Crippen LogP contribution in [0.2, 0.25) is 0 Å². The zero-order chi connectivity index (χ0) is 12.7. The van der Waals surface area contributed by atoms with Crippen LogP contribution in [0.15, 0.2) is 12.5 Å². The molecule has 2 N–H and O–H groups in total. The maximum Gasteiger partial charge on any atom is 0.339 e. The minimum Gasteiger partial charge on any atom is -0.478 e. The van der Waals surface area contributed by atoms with Crippen LogP contribution in [0.3, 0.4) is 0 Å². The van der Waals surface area contributed by atoms with Crippen LogP contribution in [-0.4, -0.2) is 43.3 Å². The number of carboxylic acids is 1. The van der Waals surface area contributed by atoms with Gasteiger partial charge in [-0.05, 0) is 0 Å². The molecule has 7 heteroatoms. The minimum absolute atomic E-state index is 0.0941. The Morgan fingerprint density at radius 3 is 3.00 bits per heavy atom. The van der Waals surface area contributed by atoms with Crippen molar-refractivity contribution < 1.29 is 14.1 Å². The molecule has 0 amide bonds. The van der Waals surface area contributed by atoms with Gasteiger partial charge in [0.1, 0.15) is 11.9 Å². The van der Waals surface area contributed by atoms with Gasteiger partial charge in [0.2, 0.25) is 0 Å². The number of nitrogens with zero attached hydrogens (tertiary/aromatic N) is 2. The first-order valence-corrected chi connectivity index (χ1v) is 6.71. The van der Waals surface area contributed by atoms with E-state index in [1.54, 1.807) is 0 Å². The molecular formula is C10H15N3O3S. The first-order chi connectivity index (χ1) is 8.15. The third-order valence-electron chi connectivity index (χ3n) is 2.15. The molecule has 0 bridgehead atoms. The van der Waals surface area contributed by atoms with Crippen LogP contribution >= 0.6 is 0 Å². The highest BCUT2D eigenvalue weighted by Crippen LogP contribution is 2.02. The average Bonchev–Trinajstić information content (AvgIpc) is 2.34. The molecule has 0 saturated carbocycles. The van der Waals surface area contributed by atoms with E-state index in [-0.39, 0.29) is 5.56 Å². The van der Waals surface area contributed by atoms with E-state index in [0.29, 0.717) is 30.3 Å². The summed E-state index contributed by atoms with van der Waals surface area (Å²) in [6.45, 7) is 2.78. The Kier molecular flexibility index (Phi) is 5.71. The van der Waals surface area contributed by atoms with E-state index in [0.717, 1.165) is 0 Å². The quantitative estimate of drug-likeness (QED) is 0.670. The van der Waals surface area contributed by atoms with Gasteiger partial charge in [0.05, 0.1) is 5.69 Å². The molecule has 0 aliphatic carbocycles. The topological polar surface area (TPSA) is 92.2 Å². The number of hydrogen-bond acceptors (Lipinski definition) is 5. The second-order valence-electron chi connectivity index (χ2n) is 3.30. The summed E-state index contributed by atoms with van der Waals surface area (Å²) in [5.41, 5.74) is 0.534. The minimum atomic E-state index is -1.04. The third kappa shape index (κ3) is 4.58. The predicted octanol–water partition coefficient (Wildman–Crippen LogP) is 0.0330.